The lowest BCUT2D eigenvalue weighted by atomic mass is 9.94. The highest BCUT2D eigenvalue weighted by Crippen LogP contribution is 2.43. The van der Waals surface area contributed by atoms with Gasteiger partial charge < -0.3 is 4.74 Å². The molecule has 27 heavy (non-hydrogen) atoms. The Bertz CT molecular complexity index is 948. The standard InChI is InChI=1S/C17H18F3N3O3S/c1-2-5-11-8-9-22-16(27(21,24)25)14(11)15-12-6-3-4-7-13(12)23(10-26-15)17(18,19)20/h3-4,6-9,15H,2,5,10H2,1H3,(H2,21,24,25). The summed E-state index contributed by atoms with van der Waals surface area (Å²) in [5.74, 6) is 0. The number of rotatable bonds is 4. The van der Waals surface area contributed by atoms with E-state index >= 15 is 0 Å². The van der Waals surface area contributed by atoms with E-state index in [1.165, 1.54) is 24.4 Å². The fourth-order valence-electron chi connectivity index (χ4n) is 3.20. The van der Waals surface area contributed by atoms with E-state index in [2.05, 4.69) is 4.98 Å². The van der Waals surface area contributed by atoms with Gasteiger partial charge in [-0.3, -0.25) is 4.90 Å². The number of pyridine rings is 1. The van der Waals surface area contributed by atoms with Crippen LogP contribution in [0.2, 0.25) is 0 Å². The van der Waals surface area contributed by atoms with Crippen LogP contribution in [0.1, 0.15) is 36.1 Å². The smallest absolute Gasteiger partial charge is 0.348 e. The number of hydrogen-bond donors (Lipinski definition) is 1. The van der Waals surface area contributed by atoms with Crippen LogP contribution >= 0.6 is 0 Å². The Morgan fingerprint density at radius 3 is 2.63 bits per heavy atom. The number of aryl methyl sites for hydroxylation is 1. The van der Waals surface area contributed by atoms with Crippen LogP contribution in [0.25, 0.3) is 0 Å². The van der Waals surface area contributed by atoms with Crippen molar-refractivity contribution in [3.8, 4) is 0 Å². The van der Waals surface area contributed by atoms with Crippen molar-refractivity contribution in [3.05, 3.63) is 53.2 Å². The van der Waals surface area contributed by atoms with Gasteiger partial charge in [-0.1, -0.05) is 31.5 Å². The van der Waals surface area contributed by atoms with Gasteiger partial charge in [0.2, 0.25) is 0 Å². The van der Waals surface area contributed by atoms with Crippen molar-refractivity contribution < 1.29 is 26.3 Å². The summed E-state index contributed by atoms with van der Waals surface area (Å²) < 4.78 is 69.6. The number of nitrogens with zero attached hydrogens (tertiary/aromatic N) is 2. The molecule has 0 amide bonds. The molecular weight excluding hydrogens is 383 g/mol. The number of para-hydroxylation sites is 1. The van der Waals surface area contributed by atoms with Crippen LogP contribution in [-0.4, -0.2) is 26.4 Å². The van der Waals surface area contributed by atoms with Crippen LogP contribution in [0, 0.1) is 0 Å². The van der Waals surface area contributed by atoms with E-state index in [1.54, 1.807) is 12.1 Å². The third-order valence-electron chi connectivity index (χ3n) is 4.28. The van der Waals surface area contributed by atoms with Gasteiger partial charge in [0.15, 0.2) is 5.03 Å². The Balaban J connectivity index is 2.23. The first-order chi connectivity index (χ1) is 12.6. The van der Waals surface area contributed by atoms with Crippen LogP contribution in [-0.2, 0) is 21.2 Å². The molecule has 2 N–H and O–H groups in total. The van der Waals surface area contributed by atoms with Gasteiger partial charge in [0, 0.05) is 17.3 Å². The molecule has 0 radical (unpaired) electrons. The number of sulfonamides is 1. The number of aromatic nitrogens is 1. The number of hydrogen-bond acceptors (Lipinski definition) is 5. The summed E-state index contributed by atoms with van der Waals surface area (Å²) in [6.45, 7) is 1.14. The molecule has 1 aliphatic rings. The summed E-state index contributed by atoms with van der Waals surface area (Å²) in [6.07, 6.45) is -3.13. The van der Waals surface area contributed by atoms with E-state index in [-0.39, 0.29) is 26.7 Å². The normalized spacial score (nSPS) is 17.7. The molecule has 0 aliphatic carbocycles. The van der Waals surface area contributed by atoms with Gasteiger partial charge in [-0.15, -0.1) is 13.2 Å². The molecule has 0 fully saturated rings. The van der Waals surface area contributed by atoms with Gasteiger partial charge in [0.1, 0.15) is 12.8 Å². The van der Waals surface area contributed by atoms with Crippen molar-refractivity contribution in [3.63, 3.8) is 0 Å². The first-order valence-electron chi connectivity index (χ1n) is 8.20. The van der Waals surface area contributed by atoms with E-state index in [4.69, 9.17) is 9.88 Å². The first kappa shape index (κ1) is 19.6. The number of halogens is 3. The molecule has 0 saturated carbocycles. The molecule has 2 aromatic rings. The predicted molar refractivity (Wildman–Crippen MR) is 92.4 cm³/mol. The van der Waals surface area contributed by atoms with Crippen LogP contribution in [0.4, 0.5) is 18.9 Å². The molecule has 0 spiro atoms. The van der Waals surface area contributed by atoms with E-state index in [1.807, 2.05) is 6.92 Å². The number of alkyl halides is 3. The Morgan fingerprint density at radius 1 is 1.30 bits per heavy atom. The number of nitrogens with two attached hydrogens (primary N) is 1. The minimum atomic E-state index is -4.63. The third-order valence-corrected chi connectivity index (χ3v) is 5.15. The van der Waals surface area contributed by atoms with Crippen molar-refractivity contribution >= 4 is 15.7 Å². The second-order valence-electron chi connectivity index (χ2n) is 6.11. The fraction of sp³-hybridized carbons (Fsp3) is 0.353. The molecular formula is C17H18F3N3O3S. The molecule has 1 aliphatic heterocycles. The maximum atomic E-state index is 13.3. The zero-order valence-electron chi connectivity index (χ0n) is 14.4. The lowest BCUT2D eigenvalue weighted by molar-refractivity contribution is -0.147. The van der Waals surface area contributed by atoms with Gasteiger partial charge in [-0.2, -0.15) is 0 Å². The van der Waals surface area contributed by atoms with Gasteiger partial charge >= 0.3 is 6.30 Å². The van der Waals surface area contributed by atoms with E-state index in [0.29, 0.717) is 18.4 Å². The van der Waals surface area contributed by atoms with Crippen LogP contribution in [0.15, 0.2) is 41.6 Å². The number of primary sulfonamides is 1. The lowest BCUT2D eigenvalue weighted by Gasteiger charge is -2.37. The highest BCUT2D eigenvalue weighted by Gasteiger charge is 2.43. The second-order valence-corrected chi connectivity index (χ2v) is 7.59. The summed E-state index contributed by atoms with van der Waals surface area (Å²) in [5, 5.41) is 4.93. The largest absolute Gasteiger partial charge is 0.486 e. The van der Waals surface area contributed by atoms with Crippen LogP contribution in [0.3, 0.4) is 0 Å². The van der Waals surface area contributed by atoms with E-state index in [0.717, 1.165) is 0 Å². The number of benzene rings is 1. The molecule has 1 unspecified atom stereocenters. The highest BCUT2D eigenvalue weighted by molar-refractivity contribution is 7.89. The second kappa shape index (κ2) is 7.10. The summed E-state index contributed by atoms with van der Waals surface area (Å²) >= 11 is 0. The average Bonchev–Trinajstić information content (AvgIpc) is 2.59. The molecule has 6 nitrogen and oxygen atoms in total. The van der Waals surface area contributed by atoms with Crippen LogP contribution < -0.4 is 10.0 Å². The Labute approximate surface area is 154 Å². The minimum Gasteiger partial charge on any atom is -0.348 e. The Kier molecular flexibility index (Phi) is 5.15. The van der Waals surface area contributed by atoms with Gasteiger partial charge in [-0.05, 0) is 24.1 Å². The molecule has 1 atom stereocenters. The maximum absolute atomic E-state index is 13.3. The van der Waals surface area contributed by atoms with Gasteiger partial charge in [-0.25, -0.2) is 18.5 Å². The molecule has 0 bridgehead atoms. The molecule has 3 rings (SSSR count). The molecule has 1 aromatic carbocycles. The highest BCUT2D eigenvalue weighted by atomic mass is 32.2. The maximum Gasteiger partial charge on any atom is 0.486 e. The SMILES string of the molecule is CCCc1ccnc(S(N)(=O)=O)c1C1OCN(C(F)(F)F)c2ccccc21. The zero-order valence-corrected chi connectivity index (χ0v) is 15.2. The zero-order chi connectivity index (χ0) is 19.8. The van der Waals surface area contributed by atoms with E-state index in [9.17, 15) is 21.6 Å². The number of ether oxygens (including phenoxy) is 1. The fourth-order valence-corrected chi connectivity index (χ4v) is 3.95. The van der Waals surface area contributed by atoms with Gasteiger partial charge in [0.25, 0.3) is 10.0 Å². The van der Waals surface area contributed by atoms with Crippen molar-refractivity contribution in [2.45, 2.75) is 37.2 Å². The predicted octanol–water partition coefficient (Wildman–Crippen LogP) is 3.08. The van der Waals surface area contributed by atoms with Crippen molar-refractivity contribution in [1.29, 1.82) is 0 Å². The molecule has 1 aromatic heterocycles. The average molecular weight is 401 g/mol. The minimum absolute atomic E-state index is 0.0899. The van der Waals surface area contributed by atoms with Crippen molar-refractivity contribution in [1.82, 2.24) is 4.98 Å². The van der Waals surface area contributed by atoms with Crippen LogP contribution in [0.5, 0.6) is 0 Å². The number of anilines is 1. The monoisotopic (exact) mass is 401 g/mol. The third kappa shape index (κ3) is 3.78. The van der Waals surface area contributed by atoms with Crippen molar-refractivity contribution in [2.75, 3.05) is 11.6 Å². The Hall–Kier alpha value is -2.17. The topological polar surface area (TPSA) is 85.5 Å². The summed E-state index contributed by atoms with van der Waals surface area (Å²) in [4.78, 5) is 4.05. The number of fused-ring (bicyclic) bond motifs is 1. The summed E-state index contributed by atoms with van der Waals surface area (Å²) in [7, 11) is -4.20. The molecule has 146 valence electrons. The Morgan fingerprint density at radius 2 is 2.00 bits per heavy atom. The van der Waals surface area contributed by atoms with Gasteiger partial charge in [0.05, 0.1) is 5.69 Å². The molecule has 0 saturated heterocycles. The quantitative estimate of drug-likeness (QED) is 0.796. The van der Waals surface area contributed by atoms with E-state index < -0.39 is 29.2 Å². The van der Waals surface area contributed by atoms with Crippen molar-refractivity contribution in [2.24, 2.45) is 5.14 Å². The molecule has 2 heterocycles. The molecule has 10 heteroatoms. The lowest BCUT2D eigenvalue weighted by Crippen LogP contribution is -2.44. The first-order valence-corrected chi connectivity index (χ1v) is 9.74. The summed E-state index contributed by atoms with van der Waals surface area (Å²) in [6, 6.07) is 7.49. The summed E-state index contributed by atoms with van der Waals surface area (Å²) in [5.41, 5.74) is 0.928.